The predicted octanol–water partition coefficient (Wildman–Crippen LogP) is 3.63. The summed E-state index contributed by atoms with van der Waals surface area (Å²) in [5.41, 5.74) is 3.04. The summed E-state index contributed by atoms with van der Waals surface area (Å²) in [7, 11) is 0. The Morgan fingerprint density at radius 2 is 1.77 bits per heavy atom. The first-order valence-corrected chi connectivity index (χ1v) is 13.3. The van der Waals surface area contributed by atoms with Crippen LogP contribution in [0.15, 0.2) is 42.6 Å². The number of pyridine rings is 1. The van der Waals surface area contributed by atoms with Gasteiger partial charge in [0.05, 0.1) is 17.0 Å². The van der Waals surface area contributed by atoms with Gasteiger partial charge < -0.3 is 24.6 Å². The lowest BCUT2D eigenvalue weighted by Crippen LogP contribution is -2.57. The van der Waals surface area contributed by atoms with E-state index in [0.717, 1.165) is 67.5 Å². The van der Waals surface area contributed by atoms with Gasteiger partial charge in [-0.25, -0.2) is 0 Å². The number of carbonyl (C=O) groups excluding carboxylic acids is 1. The van der Waals surface area contributed by atoms with Gasteiger partial charge in [0.15, 0.2) is 0 Å². The number of nitrogens with one attached hydrogen (secondary N) is 1. The number of amides is 1. The van der Waals surface area contributed by atoms with Crippen LogP contribution in [-0.4, -0.2) is 72.9 Å². The fourth-order valence-electron chi connectivity index (χ4n) is 5.93. The standard InChI is InChI=1S/C28H36N4O3/c33-26-19-34-28(20-30-26)12-17-32(18-13-28)25-5-2-14-29-27(25)21-6-8-23(9-7-21)35-24-10-15-31(16-11-24)22-3-1-4-22/h2,5-9,14,22,24H,1,3-4,10-13,15-20H2,(H,30,33). The van der Waals surface area contributed by atoms with E-state index >= 15 is 0 Å². The number of hydrogen-bond donors (Lipinski definition) is 1. The molecule has 1 aromatic heterocycles. The number of hydrogen-bond acceptors (Lipinski definition) is 6. The van der Waals surface area contributed by atoms with Crippen molar-refractivity contribution in [2.75, 3.05) is 44.2 Å². The van der Waals surface area contributed by atoms with Gasteiger partial charge in [-0.3, -0.25) is 9.78 Å². The second kappa shape index (κ2) is 9.78. The molecule has 4 heterocycles. The maximum absolute atomic E-state index is 11.5. The largest absolute Gasteiger partial charge is 0.490 e. The number of anilines is 1. The van der Waals surface area contributed by atoms with Crippen molar-refractivity contribution in [3.8, 4) is 17.0 Å². The zero-order chi connectivity index (χ0) is 23.7. The quantitative estimate of drug-likeness (QED) is 0.711. The van der Waals surface area contributed by atoms with Crippen molar-refractivity contribution in [3.63, 3.8) is 0 Å². The molecule has 1 spiro atoms. The molecule has 7 nitrogen and oxygen atoms in total. The van der Waals surface area contributed by atoms with Gasteiger partial charge in [0.1, 0.15) is 18.5 Å². The molecular formula is C28H36N4O3. The molecule has 3 saturated heterocycles. The highest BCUT2D eigenvalue weighted by molar-refractivity contribution is 5.78. The van der Waals surface area contributed by atoms with Crippen molar-refractivity contribution in [2.24, 2.45) is 0 Å². The van der Waals surface area contributed by atoms with Crippen molar-refractivity contribution in [1.29, 1.82) is 0 Å². The summed E-state index contributed by atoms with van der Waals surface area (Å²) >= 11 is 0. The molecular weight excluding hydrogens is 440 g/mol. The summed E-state index contributed by atoms with van der Waals surface area (Å²) in [6, 6.07) is 13.5. The number of morpholine rings is 1. The van der Waals surface area contributed by atoms with Crippen LogP contribution in [0.3, 0.4) is 0 Å². The smallest absolute Gasteiger partial charge is 0.246 e. The van der Waals surface area contributed by atoms with Crippen molar-refractivity contribution < 1.29 is 14.3 Å². The minimum Gasteiger partial charge on any atom is -0.490 e. The number of aromatic nitrogens is 1. The van der Waals surface area contributed by atoms with Crippen LogP contribution >= 0.6 is 0 Å². The minimum absolute atomic E-state index is 0.0147. The molecule has 0 bridgehead atoms. The van der Waals surface area contributed by atoms with E-state index in [1.54, 1.807) is 0 Å². The third-order valence-electron chi connectivity index (χ3n) is 8.42. The second-order valence-corrected chi connectivity index (χ2v) is 10.6. The summed E-state index contributed by atoms with van der Waals surface area (Å²) in [4.78, 5) is 21.3. The van der Waals surface area contributed by atoms with E-state index in [0.29, 0.717) is 12.6 Å². The zero-order valence-electron chi connectivity index (χ0n) is 20.5. The lowest BCUT2D eigenvalue weighted by atomic mass is 9.89. The van der Waals surface area contributed by atoms with Crippen LogP contribution in [0.5, 0.6) is 5.75 Å². The molecule has 1 N–H and O–H groups in total. The number of benzene rings is 1. The first kappa shape index (κ1) is 22.8. The maximum Gasteiger partial charge on any atom is 0.246 e. The summed E-state index contributed by atoms with van der Waals surface area (Å²) in [5.74, 6) is 0.934. The van der Waals surface area contributed by atoms with E-state index in [-0.39, 0.29) is 18.1 Å². The van der Waals surface area contributed by atoms with E-state index in [9.17, 15) is 4.79 Å². The fraction of sp³-hybridized carbons (Fsp3) is 0.571. The predicted molar refractivity (Wildman–Crippen MR) is 136 cm³/mol. The van der Waals surface area contributed by atoms with E-state index in [1.165, 1.54) is 32.4 Å². The Kier molecular flexibility index (Phi) is 6.37. The second-order valence-electron chi connectivity index (χ2n) is 10.6. The van der Waals surface area contributed by atoms with E-state index in [2.05, 4.69) is 45.4 Å². The van der Waals surface area contributed by atoms with Gasteiger partial charge in [-0.2, -0.15) is 0 Å². The van der Waals surface area contributed by atoms with Gasteiger partial charge in [0.2, 0.25) is 5.91 Å². The lowest BCUT2D eigenvalue weighted by molar-refractivity contribution is -0.146. The van der Waals surface area contributed by atoms with Crippen LogP contribution < -0.4 is 15.0 Å². The fourth-order valence-corrected chi connectivity index (χ4v) is 5.93. The Balaban J connectivity index is 1.08. The molecule has 186 valence electrons. The average molecular weight is 477 g/mol. The molecule has 2 aromatic rings. The highest BCUT2D eigenvalue weighted by Crippen LogP contribution is 2.35. The lowest BCUT2D eigenvalue weighted by Gasteiger charge is -2.44. The molecule has 1 amide bonds. The van der Waals surface area contributed by atoms with Gasteiger partial charge in [-0.1, -0.05) is 6.42 Å². The number of nitrogens with zero attached hydrogens (tertiary/aromatic N) is 3. The third kappa shape index (κ3) is 4.89. The molecule has 0 radical (unpaired) electrons. The van der Waals surface area contributed by atoms with E-state index in [1.807, 2.05) is 12.3 Å². The maximum atomic E-state index is 11.5. The highest BCUT2D eigenvalue weighted by Gasteiger charge is 2.39. The molecule has 0 atom stereocenters. The van der Waals surface area contributed by atoms with E-state index in [4.69, 9.17) is 14.5 Å². The van der Waals surface area contributed by atoms with Crippen molar-refractivity contribution in [2.45, 2.75) is 62.7 Å². The summed E-state index contributed by atoms with van der Waals surface area (Å²) in [6.45, 7) is 4.88. The molecule has 0 unspecified atom stereocenters. The molecule has 1 saturated carbocycles. The average Bonchev–Trinajstić information content (AvgIpc) is 2.87. The summed E-state index contributed by atoms with van der Waals surface area (Å²) in [5, 5.41) is 2.97. The Morgan fingerprint density at radius 1 is 1.00 bits per heavy atom. The Labute approximate surface area is 207 Å². The summed E-state index contributed by atoms with van der Waals surface area (Å²) < 4.78 is 12.3. The molecule has 3 aliphatic heterocycles. The first-order valence-electron chi connectivity index (χ1n) is 13.3. The Bertz CT molecular complexity index is 1010. The number of piperidine rings is 2. The highest BCUT2D eigenvalue weighted by atomic mass is 16.5. The monoisotopic (exact) mass is 476 g/mol. The molecule has 1 aliphatic carbocycles. The van der Waals surface area contributed by atoms with Gasteiger partial charge in [-0.15, -0.1) is 0 Å². The van der Waals surface area contributed by atoms with Crippen LogP contribution in [0.2, 0.25) is 0 Å². The molecule has 35 heavy (non-hydrogen) atoms. The van der Waals surface area contributed by atoms with Gasteiger partial charge in [0.25, 0.3) is 0 Å². The van der Waals surface area contributed by atoms with Gasteiger partial charge in [0, 0.05) is 50.5 Å². The van der Waals surface area contributed by atoms with Crippen molar-refractivity contribution in [1.82, 2.24) is 15.2 Å². The van der Waals surface area contributed by atoms with Crippen LogP contribution in [0.4, 0.5) is 5.69 Å². The third-order valence-corrected chi connectivity index (χ3v) is 8.42. The SMILES string of the molecule is O=C1COC2(CCN(c3cccnc3-c3ccc(OC4CCN(C5CCC5)CC4)cc3)CC2)CN1. The van der Waals surface area contributed by atoms with Gasteiger partial charge in [-0.05, 0) is 74.9 Å². The topological polar surface area (TPSA) is 66.9 Å². The normalized spacial score (nSPS) is 23.7. The number of ether oxygens (including phenoxy) is 2. The molecule has 4 fully saturated rings. The van der Waals surface area contributed by atoms with Crippen LogP contribution in [0.25, 0.3) is 11.3 Å². The number of rotatable bonds is 5. The first-order chi connectivity index (χ1) is 17.2. The van der Waals surface area contributed by atoms with Crippen LogP contribution in [0.1, 0.15) is 44.9 Å². The van der Waals surface area contributed by atoms with Crippen molar-refractivity contribution in [3.05, 3.63) is 42.6 Å². The Morgan fingerprint density at radius 3 is 2.43 bits per heavy atom. The number of carbonyl (C=O) groups is 1. The molecule has 6 rings (SSSR count). The van der Waals surface area contributed by atoms with Crippen LogP contribution in [-0.2, 0) is 9.53 Å². The zero-order valence-corrected chi connectivity index (χ0v) is 20.5. The molecule has 4 aliphatic rings. The Hall–Kier alpha value is -2.64. The van der Waals surface area contributed by atoms with Gasteiger partial charge >= 0.3 is 0 Å². The van der Waals surface area contributed by atoms with E-state index < -0.39 is 0 Å². The minimum atomic E-state index is -0.222. The van der Waals surface area contributed by atoms with Crippen molar-refractivity contribution >= 4 is 11.6 Å². The number of likely N-dealkylation sites (tertiary alicyclic amines) is 1. The molecule has 1 aromatic carbocycles. The molecule has 7 heteroatoms. The summed E-state index contributed by atoms with van der Waals surface area (Å²) in [6.07, 6.45) is 10.4. The van der Waals surface area contributed by atoms with Crippen LogP contribution in [0, 0.1) is 0 Å².